The van der Waals surface area contributed by atoms with Crippen LogP contribution >= 0.6 is 94.1 Å². The Hall–Kier alpha value is -12.5. The Morgan fingerprint density at radius 2 is 0.687 bits per heavy atom. The fraction of sp³-hybridized carbons (Fsp3) is 0.451. The number of carbonyl (C=O) groups is 20. The predicted molar refractivity (Wildman–Crippen MR) is 580 cm³/mol. The van der Waals surface area contributed by atoms with Crippen LogP contribution in [0.5, 0.6) is 0 Å². The van der Waals surface area contributed by atoms with Gasteiger partial charge in [-0.25, -0.2) is 39.1 Å². The highest BCUT2D eigenvalue weighted by Gasteiger charge is 2.35. The number of cyclic esters (lactones) is 4. The molecule has 0 radical (unpaired) electrons. The quantitative estimate of drug-likeness (QED) is 0.00869. The summed E-state index contributed by atoms with van der Waals surface area (Å²) >= 11 is 10.3. The molecule has 12 amide bonds. The molecule has 150 heavy (non-hydrogen) atoms. The standard InChI is InChI=1S/2C27H36N4O6S2.2C24H30N4O6S2/c1-6-20-25(34)31-23(16(2)3)27(36)37-19(9-7-8-14-39-17(4)32)15-22(33)28-13-12-18-10-11-21(38-5)24(29-18)26(35)30-20;1-6-21-25(34)31-24(16(2)3)27(36)37-19(9-7-8-12-39-17(4)32)14-23(33)28-11-10-18-13-20(38-5)15-22(29-18)26(35)30-21;1-5-17-22(31)26-14(2)24(33)34-16(8-6-7-11-36-15(3)29)12-21(30)25-13-19-20(35-4)10-9-18(27-19)23(32)28-17;1-5-19-22(31)26-14(2)24(33)34-17(8-6-7-9-36-15(3)29)11-21(30)25-13-16-10-18(35-4)12-20(27-16)23(32)28-19/h6-7,9-11,16,19,23H,8,12-15H2,1-5H3,(H,28,33)(H,30,35)(H,31,34);6-7,9,13,15-16,19,24H,8,10-12,14H2,1-5H3,(H,28,33)(H,30,35)(H,31,34);5-6,8-10,14,16H,7,11-13H2,1-4H3,(H,25,30)(H,26,31)(H,28,32);5-6,8,10,12,14,17H,7,9,11,13H2,1-4H3,(H,25,30)(H,26,31)(H,28,32)/b9-7+,20-6-;9-7+,21-6-;8-6+,17-5-;8-6+,19-5-/t19-,23+;19-,24+;14-,16-;14-,17-/m1111/s1. The first kappa shape index (κ1) is 128. The molecule has 0 aromatic carbocycles. The molecule has 0 fully saturated rings. The zero-order valence-corrected chi connectivity index (χ0v) is 93.4. The molecule has 812 valence electrons. The summed E-state index contributed by atoms with van der Waals surface area (Å²) in [6.07, 6.45) is 25.4. The molecule has 0 unspecified atom stereocenters. The minimum Gasteiger partial charge on any atom is -0.456 e. The molecule has 12 N–H and O–H groups in total. The van der Waals surface area contributed by atoms with Crippen molar-refractivity contribution in [1.29, 1.82) is 0 Å². The smallest absolute Gasteiger partial charge is 0.329 e. The second kappa shape index (κ2) is 68.4. The summed E-state index contributed by atoms with van der Waals surface area (Å²) in [7, 11) is 0. The summed E-state index contributed by atoms with van der Waals surface area (Å²) in [6.45, 7) is 22.8. The zero-order chi connectivity index (χ0) is 111. The number of hydrogen-bond acceptors (Lipinski definition) is 36. The number of amides is 12. The van der Waals surface area contributed by atoms with E-state index in [1.807, 2.05) is 31.1 Å². The highest BCUT2D eigenvalue weighted by atomic mass is 32.2. The van der Waals surface area contributed by atoms with E-state index in [1.165, 1.54) is 166 Å². The van der Waals surface area contributed by atoms with Crippen molar-refractivity contribution in [2.45, 2.75) is 242 Å². The van der Waals surface area contributed by atoms with Crippen molar-refractivity contribution in [2.75, 3.05) is 61.1 Å². The second-order valence-electron chi connectivity index (χ2n) is 33.6. The van der Waals surface area contributed by atoms with Crippen molar-refractivity contribution in [1.82, 2.24) is 83.7 Å². The minimum absolute atomic E-state index is 0.00228. The van der Waals surface area contributed by atoms with E-state index in [9.17, 15) is 95.9 Å². The average Bonchev–Trinajstić information content (AvgIpc) is 1.05. The predicted octanol–water partition coefficient (Wildman–Crippen LogP) is 9.76. The Balaban J connectivity index is 0.000000352. The lowest BCUT2D eigenvalue weighted by Crippen LogP contribution is -2.48. The third-order valence-corrected chi connectivity index (χ3v) is 27.4. The van der Waals surface area contributed by atoms with E-state index in [0.29, 0.717) is 89.2 Å². The number of fused-ring (bicyclic) bond motifs is 8. The maximum atomic E-state index is 13.1. The molecule has 8 rings (SSSR count). The zero-order valence-electron chi connectivity index (χ0n) is 86.9. The fourth-order valence-electron chi connectivity index (χ4n) is 13.2. The number of nitrogens with one attached hydrogen (secondary N) is 12. The van der Waals surface area contributed by atoms with Gasteiger partial charge in [0, 0.05) is 108 Å². The van der Waals surface area contributed by atoms with Crippen molar-refractivity contribution >= 4 is 209 Å². The minimum atomic E-state index is -1.05. The third kappa shape index (κ3) is 47.4. The van der Waals surface area contributed by atoms with Crippen molar-refractivity contribution in [2.24, 2.45) is 11.8 Å². The molecule has 0 aliphatic carbocycles. The van der Waals surface area contributed by atoms with Gasteiger partial charge in [-0.2, -0.15) is 0 Å². The van der Waals surface area contributed by atoms with Crippen LogP contribution in [-0.2, 0) is 122 Å². The molecular formula is C102H132N16O24S8. The number of allylic oxidation sites excluding steroid dienone is 8. The first-order valence-corrected chi connectivity index (χ1v) is 56.6. The van der Waals surface area contributed by atoms with Gasteiger partial charge in [-0.1, -0.05) is 123 Å². The summed E-state index contributed by atoms with van der Waals surface area (Å²) in [5, 5.41) is 31.7. The fourth-order valence-corrected chi connectivity index (χ4v) is 17.5. The summed E-state index contributed by atoms with van der Waals surface area (Å²) in [5.74, 6) is -7.77. The van der Waals surface area contributed by atoms with E-state index >= 15 is 0 Å². The van der Waals surface area contributed by atoms with Gasteiger partial charge in [-0.05, 0) is 177 Å². The number of nitrogens with zero attached hydrogens (tertiary/aromatic N) is 4. The van der Waals surface area contributed by atoms with Crippen LogP contribution in [0.3, 0.4) is 0 Å². The maximum absolute atomic E-state index is 13.1. The van der Waals surface area contributed by atoms with Crippen LogP contribution in [0.25, 0.3) is 0 Å². The summed E-state index contributed by atoms with van der Waals surface area (Å²) in [5.41, 5.74) is 2.45. The molecule has 0 spiro atoms. The Bertz CT molecular complexity index is 5790. The highest BCUT2D eigenvalue weighted by molar-refractivity contribution is 8.14. The highest BCUT2D eigenvalue weighted by Crippen LogP contribution is 2.26. The van der Waals surface area contributed by atoms with Gasteiger partial charge >= 0.3 is 23.9 Å². The van der Waals surface area contributed by atoms with Gasteiger partial charge < -0.3 is 82.7 Å². The molecule has 4 aliphatic rings. The summed E-state index contributed by atoms with van der Waals surface area (Å²) < 4.78 is 22.3. The Morgan fingerprint density at radius 3 is 1.05 bits per heavy atom. The molecule has 40 nitrogen and oxygen atoms in total. The number of thioether (sulfide) groups is 8. The summed E-state index contributed by atoms with van der Waals surface area (Å²) in [4.78, 5) is 270. The lowest BCUT2D eigenvalue weighted by atomic mass is 10.0. The van der Waals surface area contributed by atoms with Crippen LogP contribution in [-0.4, -0.2) is 245 Å². The molecular weight excluding hydrogens is 2090 g/mol. The molecule has 4 aromatic heterocycles. The first-order chi connectivity index (χ1) is 71.3. The first-order valence-electron chi connectivity index (χ1n) is 47.8. The normalized spacial score (nSPS) is 20.9. The van der Waals surface area contributed by atoms with Gasteiger partial charge in [0.2, 0.25) is 23.6 Å². The van der Waals surface area contributed by atoms with Gasteiger partial charge in [-0.15, -0.1) is 47.0 Å². The van der Waals surface area contributed by atoms with Crippen LogP contribution in [0.2, 0.25) is 0 Å². The van der Waals surface area contributed by atoms with Crippen LogP contribution in [0.4, 0.5) is 0 Å². The van der Waals surface area contributed by atoms with E-state index in [2.05, 4.69) is 83.7 Å². The van der Waals surface area contributed by atoms with E-state index < -0.39 is 126 Å². The number of carbonyl (C=O) groups excluding carboxylic acids is 20. The van der Waals surface area contributed by atoms with Crippen molar-refractivity contribution < 1.29 is 115 Å². The van der Waals surface area contributed by atoms with Crippen molar-refractivity contribution in [3.63, 3.8) is 0 Å². The lowest BCUT2D eigenvalue weighted by Gasteiger charge is -2.24. The molecule has 0 saturated carbocycles. The Kier molecular flexibility index (Phi) is 58.3. The van der Waals surface area contributed by atoms with E-state index in [1.54, 1.807) is 140 Å². The number of esters is 4. The molecule has 8 bridgehead atoms. The summed E-state index contributed by atoms with van der Waals surface area (Å²) in [6, 6.07) is 9.46. The van der Waals surface area contributed by atoms with Gasteiger partial charge in [0.05, 0.1) is 50.2 Å². The van der Waals surface area contributed by atoms with Gasteiger partial charge in [-0.3, -0.25) is 76.7 Å². The molecule has 8 heterocycles. The maximum Gasteiger partial charge on any atom is 0.329 e. The van der Waals surface area contributed by atoms with Crippen LogP contribution in [0.15, 0.2) is 164 Å². The molecule has 4 aromatic rings. The Labute approximate surface area is 906 Å². The number of ether oxygens (including phenoxy) is 4. The number of hydrogen-bond donors (Lipinski definition) is 12. The topological polar surface area (TPSA) is 574 Å². The van der Waals surface area contributed by atoms with E-state index in [0.717, 1.165) is 14.7 Å². The van der Waals surface area contributed by atoms with Gasteiger partial charge in [0.1, 0.15) is 94.1 Å². The van der Waals surface area contributed by atoms with Gasteiger partial charge in [0.25, 0.3) is 47.3 Å². The van der Waals surface area contributed by atoms with Crippen LogP contribution in [0, 0.1) is 11.8 Å². The largest absolute Gasteiger partial charge is 0.456 e. The molecule has 4 aliphatic heterocycles. The monoisotopic (exact) mass is 2220 g/mol. The SMILES string of the molecule is C/C=C1\NC(=O)c2cc(SC)cc(n2)CCNC(=O)C[C@@H](/C=C/CCSC(C)=O)OC(=O)[C@H](C(C)C)NC1=O.C/C=C1\NC(=O)c2cc(SC)cc(n2)CNC(=O)C[C@@H](/C=C/CCSC(C)=O)OC(=O)[C@@H](C)NC1=O.C/C=C1\NC(=O)c2ccc(SC)c(n2)CNC(=O)C[C@@H](/C=C/CCSC(C)=O)OC(=O)[C@@H](C)NC1=O.C/C=C1\NC(=O)c2nc(ccc2SC)CCNC(=O)C[C@@H](/C=C/CCSC(C)=O)OC(=O)[C@H](C(C)C)NC1=O. The molecule has 8 atom stereocenters. The van der Waals surface area contributed by atoms with Crippen molar-refractivity contribution in [3.8, 4) is 0 Å². The van der Waals surface area contributed by atoms with Crippen LogP contribution in [0.1, 0.15) is 213 Å². The van der Waals surface area contributed by atoms with E-state index in [-0.39, 0.29) is 147 Å². The Morgan fingerprint density at radius 1 is 0.360 bits per heavy atom. The average molecular weight is 2220 g/mol. The second-order valence-corrected chi connectivity index (χ2v) is 42.1. The number of rotatable bonds is 22. The van der Waals surface area contributed by atoms with Gasteiger partial charge in [0.15, 0.2) is 20.5 Å². The number of pyridine rings is 4. The molecule has 48 heteroatoms. The van der Waals surface area contributed by atoms with E-state index in [4.69, 9.17) is 18.9 Å². The third-order valence-electron chi connectivity index (χ3n) is 21.0. The molecule has 0 saturated heterocycles. The van der Waals surface area contributed by atoms with Crippen LogP contribution < -0.4 is 63.8 Å². The number of aromatic nitrogens is 4. The lowest BCUT2D eigenvalue weighted by molar-refractivity contribution is -0.153. The van der Waals surface area contributed by atoms with Crippen molar-refractivity contribution in [3.05, 3.63) is 190 Å².